The van der Waals surface area contributed by atoms with Gasteiger partial charge in [0.2, 0.25) is 0 Å². The normalized spacial score (nSPS) is 10.2. The maximum atomic E-state index is 10.9. The van der Waals surface area contributed by atoms with Crippen molar-refractivity contribution in [3.8, 4) is 0 Å². The summed E-state index contributed by atoms with van der Waals surface area (Å²) in [4.78, 5) is 10.9. The Hall–Kier alpha value is -1.83. The summed E-state index contributed by atoms with van der Waals surface area (Å²) in [7, 11) is 0. The highest BCUT2D eigenvalue weighted by molar-refractivity contribution is 5.79. The van der Waals surface area contributed by atoms with Crippen molar-refractivity contribution in [2.45, 2.75) is 0 Å². The maximum Gasteiger partial charge on any atom is 0.336 e. The van der Waals surface area contributed by atoms with Gasteiger partial charge in [-0.3, -0.25) is 0 Å². The lowest BCUT2D eigenvalue weighted by Crippen LogP contribution is -1.93. The van der Waals surface area contributed by atoms with Crippen molar-refractivity contribution in [3.63, 3.8) is 0 Å². The first-order valence-corrected chi connectivity index (χ1v) is 3.96. The highest BCUT2D eigenvalue weighted by Crippen LogP contribution is 2.14. The minimum absolute atomic E-state index is 0.321. The van der Waals surface area contributed by atoms with E-state index in [4.69, 9.17) is 4.42 Å². The van der Waals surface area contributed by atoms with E-state index in [2.05, 4.69) is 6.58 Å². The molecule has 13 heavy (non-hydrogen) atoms. The summed E-state index contributed by atoms with van der Waals surface area (Å²) in [6, 6.07) is 8.71. The Morgan fingerprint density at radius 1 is 1.23 bits per heavy atom. The van der Waals surface area contributed by atoms with Gasteiger partial charge in [0.15, 0.2) is 0 Å². The fourth-order valence-corrected chi connectivity index (χ4v) is 1.22. The third-order valence-electron chi connectivity index (χ3n) is 1.88. The summed E-state index contributed by atoms with van der Waals surface area (Å²) in [5.74, 6) is 0. The summed E-state index contributed by atoms with van der Waals surface area (Å²) in [5, 5.41) is 0.914. The second kappa shape index (κ2) is 2.90. The van der Waals surface area contributed by atoms with Crippen LogP contribution in [0.15, 0.2) is 46.1 Å². The second-order valence-corrected chi connectivity index (χ2v) is 2.76. The maximum absolute atomic E-state index is 10.9. The lowest BCUT2D eigenvalue weighted by Gasteiger charge is -1.96. The summed E-state index contributed by atoms with van der Waals surface area (Å²) < 4.78 is 4.97. The molecule has 0 aliphatic heterocycles. The number of rotatable bonds is 1. The zero-order valence-electron chi connectivity index (χ0n) is 6.99. The van der Waals surface area contributed by atoms with Crippen molar-refractivity contribution < 1.29 is 4.42 Å². The molecule has 1 aromatic carbocycles. The van der Waals surface area contributed by atoms with Gasteiger partial charge in [-0.25, -0.2) is 4.79 Å². The van der Waals surface area contributed by atoms with E-state index in [9.17, 15) is 4.79 Å². The molecule has 64 valence electrons. The third-order valence-corrected chi connectivity index (χ3v) is 1.88. The van der Waals surface area contributed by atoms with Gasteiger partial charge in [-0.1, -0.05) is 18.7 Å². The highest BCUT2D eigenvalue weighted by atomic mass is 16.4. The van der Waals surface area contributed by atoms with Gasteiger partial charge in [0, 0.05) is 11.5 Å². The van der Waals surface area contributed by atoms with E-state index in [0.717, 1.165) is 10.9 Å². The van der Waals surface area contributed by atoms with Crippen molar-refractivity contribution in [1.29, 1.82) is 0 Å². The predicted molar refractivity (Wildman–Crippen MR) is 52.6 cm³/mol. The molecule has 2 nitrogen and oxygen atoms in total. The quantitative estimate of drug-likeness (QED) is 0.618. The molecular weight excluding hydrogens is 164 g/mol. The molecule has 2 aromatic rings. The molecular formula is C11H8O2. The van der Waals surface area contributed by atoms with Crippen LogP contribution >= 0.6 is 0 Å². The largest absolute Gasteiger partial charge is 0.423 e. The van der Waals surface area contributed by atoms with Crippen LogP contribution < -0.4 is 5.63 Å². The molecule has 1 heterocycles. The zero-order chi connectivity index (χ0) is 9.26. The molecule has 0 bridgehead atoms. The molecule has 0 unspecified atom stereocenters. The standard InChI is InChI=1S/C11H8O2/c1-2-8-3-5-10-9(7-8)4-6-11(12)13-10/h2-7H,1H2. The second-order valence-electron chi connectivity index (χ2n) is 2.76. The predicted octanol–water partition coefficient (Wildman–Crippen LogP) is 2.44. The van der Waals surface area contributed by atoms with Gasteiger partial charge in [-0.2, -0.15) is 0 Å². The van der Waals surface area contributed by atoms with E-state index < -0.39 is 0 Å². The lowest BCUT2D eigenvalue weighted by atomic mass is 10.1. The molecule has 0 spiro atoms. The molecule has 0 radical (unpaired) electrons. The molecule has 0 N–H and O–H groups in total. The SMILES string of the molecule is C=Cc1ccc2oc(=O)ccc2c1. The Balaban J connectivity index is 2.80. The van der Waals surface area contributed by atoms with Crippen molar-refractivity contribution >= 4 is 17.0 Å². The highest BCUT2D eigenvalue weighted by Gasteiger charge is 1.96. The zero-order valence-corrected chi connectivity index (χ0v) is 6.99. The Morgan fingerprint density at radius 2 is 2.08 bits per heavy atom. The average molecular weight is 172 g/mol. The van der Waals surface area contributed by atoms with Gasteiger partial charge in [0.05, 0.1) is 0 Å². The molecule has 0 atom stereocenters. The topological polar surface area (TPSA) is 30.2 Å². The Labute approximate surface area is 75.1 Å². The van der Waals surface area contributed by atoms with E-state index in [1.807, 2.05) is 12.1 Å². The molecule has 0 aliphatic rings. The van der Waals surface area contributed by atoms with E-state index in [0.29, 0.717) is 5.58 Å². The van der Waals surface area contributed by atoms with Crippen LogP contribution in [-0.4, -0.2) is 0 Å². The van der Waals surface area contributed by atoms with Crippen LogP contribution in [0.25, 0.3) is 17.0 Å². The summed E-state index contributed by atoms with van der Waals surface area (Å²) in [5.41, 5.74) is 1.30. The van der Waals surface area contributed by atoms with Crippen LogP contribution in [0.1, 0.15) is 5.56 Å². The Bertz CT molecular complexity index is 509. The number of hydrogen-bond donors (Lipinski definition) is 0. The van der Waals surface area contributed by atoms with Gasteiger partial charge in [0.1, 0.15) is 5.58 Å². The fraction of sp³-hybridized carbons (Fsp3) is 0. The monoisotopic (exact) mass is 172 g/mol. The molecule has 1 aromatic heterocycles. The van der Waals surface area contributed by atoms with E-state index in [1.54, 1.807) is 18.2 Å². The molecule has 0 saturated heterocycles. The lowest BCUT2D eigenvalue weighted by molar-refractivity contribution is 0.561. The van der Waals surface area contributed by atoms with Gasteiger partial charge in [-0.05, 0) is 23.8 Å². The van der Waals surface area contributed by atoms with Crippen molar-refractivity contribution in [1.82, 2.24) is 0 Å². The number of benzene rings is 1. The molecule has 2 heteroatoms. The van der Waals surface area contributed by atoms with E-state index >= 15 is 0 Å². The number of hydrogen-bond acceptors (Lipinski definition) is 2. The smallest absolute Gasteiger partial charge is 0.336 e. The van der Waals surface area contributed by atoms with Crippen molar-refractivity contribution in [2.24, 2.45) is 0 Å². The first-order chi connectivity index (χ1) is 6.29. The first-order valence-electron chi connectivity index (χ1n) is 3.96. The number of fused-ring (bicyclic) bond motifs is 1. The van der Waals surface area contributed by atoms with Crippen molar-refractivity contribution in [3.05, 3.63) is 52.9 Å². The average Bonchev–Trinajstić information content (AvgIpc) is 2.17. The van der Waals surface area contributed by atoms with E-state index in [-0.39, 0.29) is 5.63 Å². The summed E-state index contributed by atoms with van der Waals surface area (Å²) in [6.45, 7) is 3.66. The Morgan fingerprint density at radius 3 is 2.85 bits per heavy atom. The minimum atomic E-state index is -0.321. The van der Waals surface area contributed by atoms with Gasteiger partial charge in [0.25, 0.3) is 0 Å². The molecule has 0 saturated carbocycles. The van der Waals surface area contributed by atoms with Gasteiger partial charge < -0.3 is 4.42 Å². The molecule has 0 amide bonds. The summed E-state index contributed by atoms with van der Waals surface area (Å²) >= 11 is 0. The Kier molecular flexibility index (Phi) is 1.74. The van der Waals surface area contributed by atoms with Crippen LogP contribution in [0.2, 0.25) is 0 Å². The van der Waals surface area contributed by atoms with Crippen LogP contribution in [0.4, 0.5) is 0 Å². The van der Waals surface area contributed by atoms with Crippen LogP contribution in [0, 0.1) is 0 Å². The van der Waals surface area contributed by atoms with Gasteiger partial charge in [-0.15, -0.1) is 0 Å². The molecule has 0 aliphatic carbocycles. The van der Waals surface area contributed by atoms with Crippen molar-refractivity contribution in [2.75, 3.05) is 0 Å². The van der Waals surface area contributed by atoms with Crippen LogP contribution in [0.3, 0.4) is 0 Å². The van der Waals surface area contributed by atoms with Crippen LogP contribution in [0.5, 0.6) is 0 Å². The van der Waals surface area contributed by atoms with E-state index in [1.165, 1.54) is 6.07 Å². The van der Waals surface area contributed by atoms with Gasteiger partial charge >= 0.3 is 5.63 Å². The van der Waals surface area contributed by atoms with Crippen LogP contribution in [-0.2, 0) is 0 Å². The molecule has 0 fully saturated rings. The summed E-state index contributed by atoms with van der Waals surface area (Å²) in [6.07, 6.45) is 1.75. The minimum Gasteiger partial charge on any atom is -0.423 e. The fourth-order valence-electron chi connectivity index (χ4n) is 1.22. The first kappa shape index (κ1) is 7.80. The third kappa shape index (κ3) is 1.38. The molecule has 2 rings (SSSR count).